The number of methoxy groups -OCH3 is 1. The number of carbonyl (C=O) groups excluding carboxylic acids is 1. The van der Waals surface area contributed by atoms with Gasteiger partial charge in [-0.3, -0.25) is 4.79 Å². The molecule has 160 valence electrons. The molecule has 9 nitrogen and oxygen atoms in total. The molecule has 0 bridgehead atoms. The molecule has 1 atom stereocenters. The highest BCUT2D eigenvalue weighted by Crippen LogP contribution is 2.35. The number of aromatic nitrogens is 6. The molecule has 10 heteroatoms. The van der Waals surface area contributed by atoms with Crippen LogP contribution in [-0.2, 0) is 6.42 Å². The van der Waals surface area contributed by atoms with Gasteiger partial charge in [0.25, 0.3) is 5.91 Å². The van der Waals surface area contributed by atoms with Gasteiger partial charge in [-0.25, -0.2) is 14.0 Å². The Morgan fingerprint density at radius 2 is 2.19 bits per heavy atom. The number of hydrogen-bond acceptors (Lipinski definition) is 5. The van der Waals surface area contributed by atoms with Gasteiger partial charge < -0.3 is 14.6 Å². The van der Waals surface area contributed by atoms with Gasteiger partial charge >= 0.3 is 0 Å². The lowest BCUT2D eigenvalue weighted by molar-refractivity contribution is 0.0689. The molecular weight excluding hydrogens is 430 g/mol. The van der Waals surface area contributed by atoms with Crippen molar-refractivity contribution in [2.45, 2.75) is 12.5 Å². The van der Waals surface area contributed by atoms with Gasteiger partial charge in [0.2, 0.25) is 0 Å². The number of hydrogen-bond donors (Lipinski definition) is 1. The Balaban J connectivity index is 1.47. The molecule has 0 fully saturated rings. The largest absolute Gasteiger partial charge is 0.495 e. The van der Waals surface area contributed by atoms with E-state index < -0.39 is 6.04 Å². The SMILES string of the molecule is COc1ccc2c(C(=O)N3CCc4[nH]cnc4[C@@H]3c3cc4cccc(Cl)n4n3)cnn2c1. The Labute approximate surface area is 187 Å². The number of amides is 1. The third-order valence-corrected chi connectivity index (χ3v) is 6.17. The van der Waals surface area contributed by atoms with Crippen molar-refractivity contribution >= 4 is 28.5 Å². The number of fused-ring (bicyclic) bond motifs is 3. The van der Waals surface area contributed by atoms with Crippen LogP contribution in [0.15, 0.2) is 55.1 Å². The summed E-state index contributed by atoms with van der Waals surface area (Å²) in [5.74, 6) is 0.533. The number of nitrogens with zero attached hydrogens (tertiary/aromatic N) is 6. The minimum Gasteiger partial charge on any atom is -0.495 e. The highest BCUT2D eigenvalue weighted by molar-refractivity contribution is 6.29. The Kier molecular flexibility index (Phi) is 4.19. The van der Waals surface area contributed by atoms with Crippen LogP contribution >= 0.6 is 11.6 Å². The van der Waals surface area contributed by atoms with Gasteiger partial charge in [-0.15, -0.1) is 0 Å². The summed E-state index contributed by atoms with van der Waals surface area (Å²) in [7, 11) is 1.59. The number of halogens is 1. The molecule has 0 radical (unpaired) electrons. The summed E-state index contributed by atoms with van der Waals surface area (Å²) < 4.78 is 8.58. The highest BCUT2D eigenvalue weighted by atomic mass is 35.5. The molecule has 32 heavy (non-hydrogen) atoms. The first-order valence-corrected chi connectivity index (χ1v) is 10.5. The van der Waals surface area contributed by atoms with Crippen LogP contribution < -0.4 is 4.74 Å². The van der Waals surface area contributed by atoms with Crippen molar-refractivity contribution in [1.29, 1.82) is 0 Å². The van der Waals surface area contributed by atoms with Crippen LogP contribution in [0.1, 0.15) is 33.5 Å². The monoisotopic (exact) mass is 447 g/mol. The Morgan fingerprint density at radius 3 is 3.03 bits per heavy atom. The molecule has 5 aromatic rings. The maximum atomic E-state index is 13.8. The molecule has 6 heterocycles. The first-order valence-electron chi connectivity index (χ1n) is 10.1. The fourth-order valence-electron chi connectivity index (χ4n) is 4.34. The van der Waals surface area contributed by atoms with E-state index in [1.54, 1.807) is 45.8 Å². The molecule has 1 aliphatic heterocycles. The molecule has 5 aromatic heterocycles. The summed E-state index contributed by atoms with van der Waals surface area (Å²) in [5.41, 5.74) is 4.58. The second-order valence-corrected chi connectivity index (χ2v) is 8.02. The van der Waals surface area contributed by atoms with Crippen molar-refractivity contribution in [1.82, 2.24) is 34.1 Å². The quantitative estimate of drug-likeness (QED) is 0.429. The molecule has 0 saturated carbocycles. The van der Waals surface area contributed by atoms with Crippen molar-refractivity contribution in [3.8, 4) is 5.75 Å². The summed E-state index contributed by atoms with van der Waals surface area (Å²) >= 11 is 6.34. The Bertz CT molecular complexity index is 1480. The summed E-state index contributed by atoms with van der Waals surface area (Å²) in [5, 5.41) is 9.57. The van der Waals surface area contributed by atoms with Gasteiger partial charge in [0.1, 0.15) is 16.9 Å². The zero-order valence-corrected chi connectivity index (χ0v) is 17.8. The molecule has 1 N–H and O–H groups in total. The van der Waals surface area contributed by atoms with Crippen molar-refractivity contribution < 1.29 is 9.53 Å². The molecule has 0 saturated heterocycles. The molecular formula is C22H18ClN7O2. The van der Waals surface area contributed by atoms with E-state index in [1.165, 1.54) is 0 Å². The number of ether oxygens (including phenoxy) is 1. The van der Waals surface area contributed by atoms with E-state index in [2.05, 4.69) is 15.1 Å². The number of pyridine rings is 2. The lowest BCUT2D eigenvalue weighted by atomic mass is 9.98. The highest BCUT2D eigenvalue weighted by Gasteiger charge is 2.37. The van der Waals surface area contributed by atoms with E-state index in [1.807, 2.05) is 30.3 Å². The van der Waals surface area contributed by atoms with Crippen LogP contribution in [0.25, 0.3) is 11.0 Å². The molecule has 0 aromatic carbocycles. The third-order valence-electron chi connectivity index (χ3n) is 5.88. The van der Waals surface area contributed by atoms with E-state index in [4.69, 9.17) is 21.4 Å². The van der Waals surface area contributed by atoms with Gasteiger partial charge in [-0.05, 0) is 30.3 Å². The zero-order valence-electron chi connectivity index (χ0n) is 17.1. The van der Waals surface area contributed by atoms with Crippen LogP contribution in [0.4, 0.5) is 0 Å². The van der Waals surface area contributed by atoms with E-state index in [0.29, 0.717) is 40.6 Å². The van der Waals surface area contributed by atoms with E-state index in [-0.39, 0.29) is 5.91 Å². The van der Waals surface area contributed by atoms with E-state index >= 15 is 0 Å². The number of H-pyrrole nitrogens is 1. The average Bonchev–Trinajstić information content (AvgIpc) is 3.55. The van der Waals surface area contributed by atoms with Crippen molar-refractivity contribution in [2.75, 3.05) is 13.7 Å². The molecule has 0 aliphatic carbocycles. The molecule has 1 aliphatic rings. The first-order chi connectivity index (χ1) is 15.6. The van der Waals surface area contributed by atoms with Crippen LogP contribution in [-0.4, -0.2) is 53.7 Å². The predicted octanol–water partition coefficient (Wildman–Crippen LogP) is 3.16. The second-order valence-electron chi connectivity index (χ2n) is 7.63. The fourth-order valence-corrected chi connectivity index (χ4v) is 4.54. The maximum Gasteiger partial charge on any atom is 0.258 e. The number of rotatable bonds is 3. The predicted molar refractivity (Wildman–Crippen MR) is 117 cm³/mol. The van der Waals surface area contributed by atoms with E-state index in [9.17, 15) is 4.79 Å². The molecule has 6 rings (SSSR count). The summed E-state index contributed by atoms with van der Waals surface area (Å²) in [4.78, 5) is 23.3. The second kappa shape index (κ2) is 7.10. The van der Waals surface area contributed by atoms with Gasteiger partial charge in [0.05, 0.1) is 53.8 Å². The number of aromatic amines is 1. The van der Waals surface area contributed by atoms with Crippen LogP contribution in [0, 0.1) is 0 Å². The van der Waals surface area contributed by atoms with Gasteiger partial charge in [0, 0.05) is 18.7 Å². The maximum absolute atomic E-state index is 13.8. The van der Waals surface area contributed by atoms with Crippen molar-refractivity contribution in [3.05, 3.63) is 82.9 Å². The minimum atomic E-state index is -0.443. The zero-order chi connectivity index (χ0) is 21.8. The normalized spacial score (nSPS) is 15.9. The van der Waals surface area contributed by atoms with Gasteiger partial charge in [-0.1, -0.05) is 17.7 Å². The smallest absolute Gasteiger partial charge is 0.258 e. The van der Waals surface area contributed by atoms with E-state index in [0.717, 1.165) is 16.9 Å². The summed E-state index contributed by atoms with van der Waals surface area (Å²) in [6, 6.07) is 10.7. The standard InChI is InChI=1S/C22H18ClN7O2/c1-32-14-5-6-18-15(10-26-29(18)11-14)22(31)28-8-7-16-20(25-12-24-16)21(28)17-9-13-3-2-4-19(23)30(13)27-17/h2-6,9-12,21H,7-8H2,1H3,(H,24,25)/t21-/m0/s1. The molecule has 1 amide bonds. The lowest BCUT2D eigenvalue weighted by Gasteiger charge is -2.33. The van der Waals surface area contributed by atoms with Crippen LogP contribution in [0.2, 0.25) is 5.15 Å². The third kappa shape index (κ3) is 2.78. The molecule has 0 unspecified atom stereocenters. The van der Waals surface area contributed by atoms with Gasteiger partial charge in [-0.2, -0.15) is 10.2 Å². The Hall–Kier alpha value is -3.85. The first kappa shape index (κ1) is 18.9. The van der Waals surface area contributed by atoms with Gasteiger partial charge in [0.15, 0.2) is 0 Å². The number of nitrogens with one attached hydrogen (secondary N) is 1. The van der Waals surface area contributed by atoms with Crippen molar-refractivity contribution in [3.63, 3.8) is 0 Å². The van der Waals surface area contributed by atoms with Crippen LogP contribution in [0.3, 0.4) is 0 Å². The summed E-state index contributed by atoms with van der Waals surface area (Å²) in [6.45, 7) is 0.522. The Morgan fingerprint density at radius 1 is 1.28 bits per heavy atom. The fraction of sp³-hybridized carbons (Fsp3) is 0.182. The number of carbonyl (C=O) groups is 1. The topological polar surface area (TPSA) is 92.8 Å². The summed E-state index contributed by atoms with van der Waals surface area (Å²) in [6.07, 6.45) is 5.68. The van der Waals surface area contributed by atoms with Crippen molar-refractivity contribution in [2.24, 2.45) is 0 Å². The average molecular weight is 448 g/mol. The number of imidazole rings is 1. The molecule has 0 spiro atoms. The van der Waals surface area contributed by atoms with Crippen LogP contribution in [0.5, 0.6) is 5.75 Å². The lowest BCUT2D eigenvalue weighted by Crippen LogP contribution is -2.41. The minimum absolute atomic E-state index is 0.132.